The zero-order valence-corrected chi connectivity index (χ0v) is 15.1. The lowest BCUT2D eigenvalue weighted by Crippen LogP contribution is -2.59. The van der Waals surface area contributed by atoms with Gasteiger partial charge in [-0.3, -0.25) is 14.7 Å². The molecule has 1 saturated carbocycles. The van der Waals surface area contributed by atoms with Crippen LogP contribution in [-0.2, 0) is 16.1 Å². The minimum absolute atomic E-state index is 0.131. The van der Waals surface area contributed by atoms with Crippen LogP contribution >= 0.6 is 15.9 Å². The molecule has 1 aromatic heterocycles. The average molecular weight is 398 g/mol. The standard InChI is InChI=1S/C17H21BrFN3O2/c18-12-7-14(19)15(20-8-12)9-21-5-3-17(4-6-21)11-22(13-1-2-13)16(23)10-24-17/h7-8,13H,1-6,9-11H2. The SMILES string of the molecule is O=C1COC2(CCN(Cc3ncc(Br)cc3F)CC2)CN1C1CC1. The molecule has 1 aliphatic carbocycles. The Balaban J connectivity index is 1.37. The maximum atomic E-state index is 14.0. The fraction of sp³-hybridized carbons (Fsp3) is 0.647. The first-order valence-corrected chi connectivity index (χ1v) is 9.30. The number of nitrogens with zero attached hydrogens (tertiary/aromatic N) is 3. The third-order valence-corrected chi connectivity index (χ3v) is 5.73. The molecule has 3 fully saturated rings. The molecule has 0 N–H and O–H groups in total. The largest absolute Gasteiger partial charge is 0.363 e. The van der Waals surface area contributed by atoms with Crippen LogP contribution in [0.5, 0.6) is 0 Å². The highest BCUT2D eigenvalue weighted by molar-refractivity contribution is 9.10. The highest BCUT2D eigenvalue weighted by atomic mass is 79.9. The summed E-state index contributed by atoms with van der Waals surface area (Å²) >= 11 is 3.23. The van der Waals surface area contributed by atoms with E-state index in [1.165, 1.54) is 6.07 Å². The van der Waals surface area contributed by atoms with Gasteiger partial charge < -0.3 is 9.64 Å². The minimum atomic E-state index is -0.274. The van der Waals surface area contributed by atoms with Gasteiger partial charge in [0.2, 0.25) is 5.91 Å². The summed E-state index contributed by atoms with van der Waals surface area (Å²) in [6, 6.07) is 1.90. The van der Waals surface area contributed by atoms with E-state index in [4.69, 9.17) is 4.74 Å². The van der Waals surface area contributed by atoms with Gasteiger partial charge in [0, 0.05) is 36.3 Å². The fourth-order valence-electron chi connectivity index (χ4n) is 3.65. The summed E-state index contributed by atoms with van der Waals surface area (Å²) in [5, 5.41) is 0. The third kappa shape index (κ3) is 3.34. The Morgan fingerprint density at radius 1 is 1.38 bits per heavy atom. The Morgan fingerprint density at radius 2 is 2.12 bits per heavy atom. The summed E-state index contributed by atoms with van der Waals surface area (Å²) in [5.41, 5.74) is 0.270. The number of halogens is 2. The predicted molar refractivity (Wildman–Crippen MR) is 89.8 cm³/mol. The Bertz CT molecular complexity index is 645. The molecule has 3 aliphatic rings. The summed E-state index contributed by atoms with van der Waals surface area (Å²) < 4.78 is 20.6. The van der Waals surface area contributed by atoms with E-state index in [1.807, 2.05) is 4.90 Å². The van der Waals surface area contributed by atoms with Crippen molar-refractivity contribution in [2.45, 2.75) is 43.9 Å². The van der Waals surface area contributed by atoms with Crippen molar-refractivity contribution in [2.75, 3.05) is 26.2 Å². The Kier molecular flexibility index (Phi) is 4.34. The Morgan fingerprint density at radius 3 is 2.79 bits per heavy atom. The molecule has 2 saturated heterocycles. The van der Waals surface area contributed by atoms with Crippen LogP contribution in [-0.4, -0.2) is 58.6 Å². The Hall–Kier alpha value is -1.05. The van der Waals surface area contributed by atoms with Crippen LogP contribution in [0.3, 0.4) is 0 Å². The number of rotatable bonds is 3. The second-order valence-electron chi connectivity index (χ2n) is 7.08. The van der Waals surface area contributed by atoms with Crippen LogP contribution in [0.2, 0.25) is 0 Å². The van der Waals surface area contributed by atoms with Crippen molar-refractivity contribution in [3.05, 3.63) is 28.2 Å². The maximum Gasteiger partial charge on any atom is 0.248 e. The minimum Gasteiger partial charge on any atom is -0.363 e. The second-order valence-corrected chi connectivity index (χ2v) is 8.00. The summed E-state index contributed by atoms with van der Waals surface area (Å²) in [5.74, 6) is -0.143. The number of morpholine rings is 1. The summed E-state index contributed by atoms with van der Waals surface area (Å²) in [6.07, 6.45) is 5.64. The van der Waals surface area contributed by atoms with Gasteiger partial charge in [-0.2, -0.15) is 0 Å². The number of carbonyl (C=O) groups excluding carboxylic acids is 1. The van der Waals surface area contributed by atoms with Crippen LogP contribution in [0.1, 0.15) is 31.4 Å². The Labute approximate surface area is 149 Å². The van der Waals surface area contributed by atoms with Gasteiger partial charge in [0.1, 0.15) is 12.4 Å². The molecule has 3 heterocycles. The van der Waals surface area contributed by atoms with Gasteiger partial charge in [-0.25, -0.2) is 4.39 Å². The molecule has 24 heavy (non-hydrogen) atoms. The molecule has 0 unspecified atom stereocenters. The third-order valence-electron chi connectivity index (χ3n) is 5.29. The normalized spacial score (nSPS) is 24.6. The second kappa shape index (κ2) is 6.35. The van der Waals surface area contributed by atoms with Crippen LogP contribution in [0.25, 0.3) is 0 Å². The molecule has 7 heteroatoms. The number of pyridine rings is 1. The first-order chi connectivity index (χ1) is 11.5. The number of aromatic nitrogens is 1. The molecule has 2 aliphatic heterocycles. The van der Waals surface area contributed by atoms with E-state index in [-0.39, 0.29) is 23.9 Å². The topological polar surface area (TPSA) is 45.7 Å². The first kappa shape index (κ1) is 16.4. The van der Waals surface area contributed by atoms with Gasteiger partial charge in [-0.1, -0.05) is 0 Å². The number of hydrogen-bond donors (Lipinski definition) is 0. The van der Waals surface area contributed by atoms with Crippen molar-refractivity contribution in [2.24, 2.45) is 0 Å². The van der Waals surface area contributed by atoms with Gasteiger partial charge in [-0.15, -0.1) is 0 Å². The lowest BCUT2D eigenvalue weighted by atomic mass is 9.89. The van der Waals surface area contributed by atoms with E-state index in [0.29, 0.717) is 22.8 Å². The van der Waals surface area contributed by atoms with E-state index < -0.39 is 0 Å². The van der Waals surface area contributed by atoms with E-state index >= 15 is 0 Å². The number of likely N-dealkylation sites (tertiary alicyclic amines) is 1. The van der Waals surface area contributed by atoms with Crippen LogP contribution in [0, 0.1) is 5.82 Å². The zero-order chi connectivity index (χ0) is 16.7. The van der Waals surface area contributed by atoms with E-state index in [2.05, 4.69) is 25.8 Å². The molecule has 0 bridgehead atoms. The molecule has 130 valence electrons. The number of piperidine rings is 1. The van der Waals surface area contributed by atoms with Gasteiger partial charge >= 0.3 is 0 Å². The van der Waals surface area contributed by atoms with Crippen molar-refractivity contribution < 1.29 is 13.9 Å². The number of amides is 1. The van der Waals surface area contributed by atoms with Gasteiger partial charge in [0.05, 0.1) is 17.8 Å². The first-order valence-electron chi connectivity index (χ1n) is 8.50. The van der Waals surface area contributed by atoms with Gasteiger partial charge in [0.15, 0.2) is 0 Å². The van der Waals surface area contributed by atoms with Gasteiger partial charge in [-0.05, 0) is 47.7 Å². The van der Waals surface area contributed by atoms with E-state index in [9.17, 15) is 9.18 Å². The van der Waals surface area contributed by atoms with E-state index in [0.717, 1.165) is 45.3 Å². The molecule has 1 aromatic rings. The number of ether oxygens (including phenoxy) is 1. The van der Waals surface area contributed by atoms with Crippen molar-refractivity contribution in [3.8, 4) is 0 Å². The fourth-order valence-corrected chi connectivity index (χ4v) is 3.96. The lowest BCUT2D eigenvalue weighted by Gasteiger charge is -2.47. The molecule has 4 rings (SSSR count). The van der Waals surface area contributed by atoms with Crippen molar-refractivity contribution in [3.63, 3.8) is 0 Å². The highest BCUT2D eigenvalue weighted by Gasteiger charge is 2.46. The van der Waals surface area contributed by atoms with Gasteiger partial charge in [0.25, 0.3) is 0 Å². The molecular weight excluding hydrogens is 377 g/mol. The van der Waals surface area contributed by atoms with Crippen molar-refractivity contribution in [1.29, 1.82) is 0 Å². The van der Waals surface area contributed by atoms with Crippen molar-refractivity contribution >= 4 is 21.8 Å². The average Bonchev–Trinajstić information content (AvgIpc) is 3.40. The number of carbonyl (C=O) groups is 1. The lowest BCUT2D eigenvalue weighted by molar-refractivity contribution is -0.172. The molecule has 0 aromatic carbocycles. The quantitative estimate of drug-likeness (QED) is 0.784. The van der Waals surface area contributed by atoms with Crippen molar-refractivity contribution in [1.82, 2.24) is 14.8 Å². The number of hydrogen-bond acceptors (Lipinski definition) is 4. The monoisotopic (exact) mass is 397 g/mol. The smallest absolute Gasteiger partial charge is 0.248 e. The molecule has 0 radical (unpaired) electrons. The summed E-state index contributed by atoms with van der Waals surface area (Å²) in [4.78, 5) is 20.4. The predicted octanol–water partition coefficient (Wildman–Crippen LogP) is 2.34. The summed E-state index contributed by atoms with van der Waals surface area (Å²) in [6.45, 7) is 3.11. The zero-order valence-electron chi connectivity index (χ0n) is 13.5. The molecule has 1 spiro atoms. The molecule has 1 amide bonds. The van der Waals surface area contributed by atoms with E-state index in [1.54, 1.807) is 6.20 Å². The van der Waals surface area contributed by atoms with Crippen LogP contribution in [0.4, 0.5) is 4.39 Å². The highest BCUT2D eigenvalue weighted by Crippen LogP contribution is 2.36. The summed E-state index contributed by atoms with van der Waals surface area (Å²) in [7, 11) is 0. The van der Waals surface area contributed by atoms with Crippen LogP contribution < -0.4 is 0 Å². The maximum absolute atomic E-state index is 14.0. The molecular formula is C17H21BrFN3O2. The van der Waals surface area contributed by atoms with Crippen LogP contribution in [0.15, 0.2) is 16.7 Å². The molecule has 5 nitrogen and oxygen atoms in total. The molecule has 0 atom stereocenters.